The van der Waals surface area contributed by atoms with Crippen LogP contribution in [0.4, 0.5) is 0 Å². The highest BCUT2D eigenvalue weighted by Crippen LogP contribution is 2.23. The molecule has 0 unspecified atom stereocenters. The smallest absolute Gasteiger partial charge is 0.323 e. The number of carboxylic acids is 1. The maximum Gasteiger partial charge on any atom is 0.323 e. The fraction of sp³-hybridized carbons (Fsp3) is 0.778. The molecule has 0 saturated carbocycles. The number of nitrogens with zero attached hydrogens (tertiary/aromatic N) is 1. The number of amides is 1. The monoisotopic (exact) mass is 217 g/mol. The second kappa shape index (κ2) is 5.24. The lowest BCUT2D eigenvalue weighted by Crippen LogP contribution is -2.37. The van der Waals surface area contributed by atoms with Crippen LogP contribution < -0.4 is 0 Å². The molecule has 14 heavy (non-hydrogen) atoms. The first kappa shape index (κ1) is 11.4. The molecule has 0 aliphatic carbocycles. The summed E-state index contributed by atoms with van der Waals surface area (Å²) in [6.45, 7) is -0.192. The fourth-order valence-corrected chi connectivity index (χ4v) is 2.64. The van der Waals surface area contributed by atoms with E-state index in [0.717, 1.165) is 24.3 Å². The minimum absolute atomic E-state index is 0.0206. The van der Waals surface area contributed by atoms with Crippen LogP contribution in [0.3, 0.4) is 0 Å². The Labute approximate surface area is 87.7 Å². The van der Waals surface area contributed by atoms with Crippen LogP contribution in [-0.2, 0) is 9.59 Å². The summed E-state index contributed by atoms with van der Waals surface area (Å²) in [7, 11) is 1.55. The largest absolute Gasteiger partial charge is 0.480 e. The van der Waals surface area contributed by atoms with Gasteiger partial charge in [-0.15, -0.1) is 0 Å². The predicted octanol–water partition coefficient (Wildman–Crippen LogP) is 0.673. The Morgan fingerprint density at radius 2 is 2.00 bits per heavy atom. The van der Waals surface area contributed by atoms with Crippen LogP contribution in [-0.4, -0.2) is 47.0 Å². The number of thioether (sulfide) groups is 1. The Balaban J connectivity index is 2.42. The van der Waals surface area contributed by atoms with Crippen LogP contribution in [0, 0.1) is 5.92 Å². The zero-order valence-corrected chi connectivity index (χ0v) is 9.05. The second-order valence-corrected chi connectivity index (χ2v) is 4.70. The van der Waals surface area contributed by atoms with Gasteiger partial charge in [0.25, 0.3) is 0 Å². The molecule has 4 nitrogen and oxygen atoms in total. The number of aliphatic carboxylic acids is 1. The zero-order valence-electron chi connectivity index (χ0n) is 8.23. The number of carbonyl (C=O) groups excluding carboxylic acids is 1. The second-order valence-electron chi connectivity index (χ2n) is 3.47. The number of hydrogen-bond acceptors (Lipinski definition) is 3. The van der Waals surface area contributed by atoms with Gasteiger partial charge in [-0.2, -0.15) is 11.8 Å². The Morgan fingerprint density at radius 3 is 2.50 bits per heavy atom. The summed E-state index contributed by atoms with van der Waals surface area (Å²) >= 11 is 1.85. The lowest BCUT2D eigenvalue weighted by Gasteiger charge is -2.25. The molecule has 1 heterocycles. The first-order chi connectivity index (χ1) is 6.61. The van der Waals surface area contributed by atoms with Crippen LogP contribution in [0.2, 0.25) is 0 Å². The van der Waals surface area contributed by atoms with E-state index >= 15 is 0 Å². The van der Waals surface area contributed by atoms with E-state index in [-0.39, 0.29) is 18.4 Å². The summed E-state index contributed by atoms with van der Waals surface area (Å²) in [5.74, 6) is 1.09. The molecule has 0 atom stereocenters. The zero-order chi connectivity index (χ0) is 10.6. The maximum atomic E-state index is 11.7. The minimum Gasteiger partial charge on any atom is -0.480 e. The van der Waals surface area contributed by atoms with Crippen LogP contribution in [0.15, 0.2) is 0 Å². The van der Waals surface area contributed by atoms with Gasteiger partial charge in [-0.05, 0) is 24.3 Å². The topological polar surface area (TPSA) is 57.6 Å². The summed E-state index contributed by atoms with van der Waals surface area (Å²) < 4.78 is 0. The van der Waals surface area contributed by atoms with E-state index in [1.165, 1.54) is 4.90 Å². The van der Waals surface area contributed by atoms with Gasteiger partial charge in [-0.3, -0.25) is 9.59 Å². The van der Waals surface area contributed by atoms with Gasteiger partial charge < -0.3 is 10.0 Å². The molecular formula is C9H15NO3S. The van der Waals surface area contributed by atoms with Crippen molar-refractivity contribution in [2.45, 2.75) is 12.8 Å². The van der Waals surface area contributed by atoms with Gasteiger partial charge in [0.15, 0.2) is 0 Å². The third kappa shape index (κ3) is 3.21. The summed E-state index contributed by atoms with van der Waals surface area (Å²) in [4.78, 5) is 23.4. The van der Waals surface area contributed by atoms with E-state index in [1.54, 1.807) is 7.05 Å². The molecule has 0 bridgehead atoms. The predicted molar refractivity (Wildman–Crippen MR) is 55.3 cm³/mol. The molecule has 1 saturated heterocycles. The lowest BCUT2D eigenvalue weighted by atomic mass is 10.0. The van der Waals surface area contributed by atoms with E-state index in [4.69, 9.17) is 5.11 Å². The van der Waals surface area contributed by atoms with Crippen molar-refractivity contribution in [1.29, 1.82) is 0 Å². The van der Waals surface area contributed by atoms with E-state index in [0.29, 0.717) is 0 Å². The SMILES string of the molecule is CN(CC(=O)O)C(=O)C1CCSCC1. The molecule has 1 fully saturated rings. The number of carbonyl (C=O) groups is 2. The van der Waals surface area contributed by atoms with Crippen LogP contribution in [0.1, 0.15) is 12.8 Å². The highest BCUT2D eigenvalue weighted by atomic mass is 32.2. The molecule has 1 aliphatic heterocycles. The quantitative estimate of drug-likeness (QED) is 0.755. The van der Waals surface area contributed by atoms with Gasteiger partial charge in [0.05, 0.1) is 0 Å². The first-order valence-corrected chi connectivity index (χ1v) is 5.81. The van der Waals surface area contributed by atoms with Crippen LogP contribution >= 0.6 is 11.8 Å². The number of likely N-dealkylation sites (N-methyl/N-ethyl adjacent to an activating group) is 1. The van der Waals surface area contributed by atoms with E-state index in [1.807, 2.05) is 11.8 Å². The molecule has 0 aromatic heterocycles. The van der Waals surface area contributed by atoms with Gasteiger partial charge in [0, 0.05) is 13.0 Å². The third-order valence-electron chi connectivity index (χ3n) is 2.32. The molecule has 1 N–H and O–H groups in total. The van der Waals surface area contributed by atoms with Gasteiger partial charge >= 0.3 is 5.97 Å². The van der Waals surface area contributed by atoms with E-state index in [9.17, 15) is 9.59 Å². The van der Waals surface area contributed by atoms with Crippen molar-refractivity contribution in [1.82, 2.24) is 4.90 Å². The molecule has 0 spiro atoms. The Bertz CT molecular complexity index is 226. The van der Waals surface area contributed by atoms with Crippen molar-refractivity contribution in [3.63, 3.8) is 0 Å². The van der Waals surface area contributed by atoms with Crippen molar-refractivity contribution < 1.29 is 14.7 Å². The average Bonchev–Trinajstić information content (AvgIpc) is 2.17. The van der Waals surface area contributed by atoms with Crippen molar-refractivity contribution in [2.24, 2.45) is 5.92 Å². The highest BCUT2D eigenvalue weighted by Gasteiger charge is 2.24. The number of carboxylic acid groups (broad SMARTS) is 1. The molecule has 0 aromatic carbocycles. The van der Waals surface area contributed by atoms with Gasteiger partial charge in [0.1, 0.15) is 6.54 Å². The molecule has 80 valence electrons. The molecule has 1 aliphatic rings. The normalized spacial score (nSPS) is 17.8. The van der Waals surface area contributed by atoms with Crippen molar-refractivity contribution in [2.75, 3.05) is 25.1 Å². The summed E-state index contributed by atoms with van der Waals surface area (Å²) in [6, 6.07) is 0. The Morgan fingerprint density at radius 1 is 1.43 bits per heavy atom. The van der Waals surface area contributed by atoms with Crippen molar-refractivity contribution >= 4 is 23.6 Å². The van der Waals surface area contributed by atoms with Crippen LogP contribution in [0.5, 0.6) is 0 Å². The highest BCUT2D eigenvalue weighted by molar-refractivity contribution is 7.99. The molecule has 1 rings (SSSR count). The molecule has 0 radical (unpaired) electrons. The van der Waals surface area contributed by atoms with Gasteiger partial charge in [0.2, 0.25) is 5.91 Å². The maximum absolute atomic E-state index is 11.7. The number of hydrogen-bond donors (Lipinski definition) is 1. The Hall–Kier alpha value is -0.710. The number of rotatable bonds is 3. The van der Waals surface area contributed by atoms with E-state index < -0.39 is 5.97 Å². The standard InChI is InChI=1S/C9H15NO3S/c1-10(6-8(11)12)9(13)7-2-4-14-5-3-7/h7H,2-6H2,1H3,(H,11,12). The van der Waals surface area contributed by atoms with Gasteiger partial charge in [-0.25, -0.2) is 0 Å². The van der Waals surface area contributed by atoms with Crippen molar-refractivity contribution in [3.05, 3.63) is 0 Å². The molecule has 0 aromatic rings. The molecule has 5 heteroatoms. The average molecular weight is 217 g/mol. The first-order valence-electron chi connectivity index (χ1n) is 4.65. The lowest BCUT2D eigenvalue weighted by molar-refractivity contribution is -0.145. The summed E-state index contributed by atoms with van der Waals surface area (Å²) in [6.07, 6.45) is 1.76. The Kier molecular flexibility index (Phi) is 4.25. The molecular weight excluding hydrogens is 202 g/mol. The van der Waals surface area contributed by atoms with E-state index in [2.05, 4.69) is 0 Å². The van der Waals surface area contributed by atoms with Crippen LogP contribution in [0.25, 0.3) is 0 Å². The molecule has 1 amide bonds. The van der Waals surface area contributed by atoms with Gasteiger partial charge in [-0.1, -0.05) is 0 Å². The summed E-state index contributed by atoms with van der Waals surface area (Å²) in [5, 5.41) is 8.53. The summed E-state index contributed by atoms with van der Waals surface area (Å²) in [5.41, 5.74) is 0. The fourth-order valence-electron chi connectivity index (χ4n) is 1.54. The van der Waals surface area contributed by atoms with Crippen molar-refractivity contribution in [3.8, 4) is 0 Å². The minimum atomic E-state index is -0.953. The third-order valence-corrected chi connectivity index (χ3v) is 3.37.